The van der Waals surface area contributed by atoms with Gasteiger partial charge in [-0.25, -0.2) is 4.98 Å². The van der Waals surface area contributed by atoms with Crippen LogP contribution in [0.15, 0.2) is 24.4 Å². The van der Waals surface area contributed by atoms with Gasteiger partial charge < -0.3 is 0 Å². The lowest BCUT2D eigenvalue weighted by molar-refractivity contribution is 1.31. The van der Waals surface area contributed by atoms with E-state index in [9.17, 15) is 0 Å². The molecular formula is C11H4Cl4IN. The molecule has 0 spiro atoms. The van der Waals surface area contributed by atoms with E-state index in [1.54, 1.807) is 18.3 Å². The van der Waals surface area contributed by atoms with E-state index in [0.29, 0.717) is 20.2 Å². The Morgan fingerprint density at radius 2 is 1.65 bits per heavy atom. The number of benzene rings is 1. The van der Waals surface area contributed by atoms with Crippen LogP contribution in [-0.4, -0.2) is 4.98 Å². The van der Waals surface area contributed by atoms with Crippen LogP contribution >= 0.6 is 69.0 Å². The maximum Gasteiger partial charge on any atom is 0.130 e. The summed E-state index contributed by atoms with van der Waals surface area (Å²) in [6, 6.07) is 5.27. The lowest BCUT2D eigenvalue weighted by Gasteiger charge is -2.09. The van der Waals surface area contributed by atoms with Crippen LogP contribution in [0, 0.1) is 3.57 Å². The Hall–Kier alpha value is 0.260. The number of pyridine rings is 1. The summed E-state index contributed by atoms with van der Waals surface area (Å²) in [7, 11) is 0. The molecule has 2 aromatic rings. The topological polar surface area (TPSA) is 12.9 Å². The number of hydrogen-bond acceptors (Lipinski definition) is 1. The Kier molecular flexibility index (Phi) is 4.42. The number of nitrogens with zero attached hydrogens (tertiary/aromatic N) is 1. The van der Waals surface area contributed by atoms with Gasteiger partial charge in [-0.1, -0.05) is 52.5 Å². The Morgan fingerprint density at radius 1 is 0.941 bits per heavy atom. The first-order chi connectivity index (χ1) is 8.00. The molecule has 0 aliphatic rings. The maximum absolute atomic E-state index is 6.16. The highest BCUT2D eigenvalue weighted by molar-refractivity contribution is 14.1. The van der Waals surface area contributed by atoms with Gasteiger partial charge in [-0.05, 0) is 34.7 Å². The van der Waals surface area contributed by atoms with E-state index in [1.165, 1.54) is 0 Å². The van der Waals surface area contributed by atoms with E-state index in [4.69, 9.17) is 46.4 Å². The van der Waals surface area contributed by atoms with Gasteiger partial charge in [-0.2, -0.15) is 0 Å². The Labute approximate surface area is 132 Å². The van der Waals surface area contributed by atoms with E-state index < -0.39 is 0 Å². The third kappa shape index (κ3) is 2.82. The SMILES string of the molecule is Clc1cc(I)c(-c2ccc(Cl)c(Cl)c2Cl)cn1. The molecule has 0 radical (unpaired) electrons. The molecule has 88 valence electrons. The van der Waals surface area contributed by atoms with Crippen LogP contribution in [0.4, 0.5) is 0 Å². The minimum atomic E-state index is 0.344. The third-order valence-corrected chi connectivity index (χ3v) is 4.54. The van der Waals surface area contributed by atoms with Crippen molar-refractivity contribution in [1.29, 1.82) is 0 Å². The largest absolute Gasteiger partial charge is 0.244 e. The molecule has 0 saturated carbocycles. The smallest absolute Gasteiger partial charge is 0.130 e. The molecule has 2 rings (SSSR count). The average molecular weight is 419 g/mol. The van der Waals surface area contributed by atoms with Crippen LogP contribution in [0.5, 0.6) is 0 Å². The average Bonchev–Trinajstić information content (AvgIpc) is 2.28. The normalized spacial score (nSPS) is 10.6. The molecule has 0 aliphatic carbocycles. The van der Waals surface area contributed by atoms with E-state index in [0.717, 1.165) is 14.7 Å². The van der Waals surface area contributed by atoms with Crippen molar-refractivity contribution < 1.29 is 0 Å². The van der Waals surface area contributed by atoms with E-state index in [2.05, 4.69) is 27.6 Å². The van der Waals surface area contributed by atoms with Crippen LogP contribution in [0.25, 0.3) is 11.1 Å². The van der Waals surface area contributed by atoms with Crippen LogP contribution in [0.3, 0.4) is 0 Å². The fourth-order valence-electron chi connectivity index (χ4n) is 1.34. The van der Waals surface area contributed by atoms with Crippen LogP contribution < -0.4 is 0 Å². The van der Waals surface area contributed by atoms with Crippen molar-refractivity contribution in [2.45, 2.75) is 0 Å². The predicted molar refractivity (Wildman–Crippen MR) is 82.4 cm³/mol. The van der Waals surface area contributed by atoms with Gasteiger partial charge in [-0.3, -0.25) is 0 Å². The highest BCUT2D eigenvalue weighted by Gasteiger charge is 2.13. The van der Waals surface area contributed by atoms with Crippen molar-refractivity contribution in [1.82, 2.24) is 4.98 Å². The second kappa shape index (κ2) is 5.49. The molecule has 6 heteroatoms. The number of aromatic nitrogens is 1. The molecular weight excluding hydrogens is 415 g/mol. The van der Waals surface area contributed by atoms with Crippen molar-refractivity contribution in [2.75, 3.05) is 0 Å². The summed E-state index contributed by atoms with van der Waals surface area (Å²) in [5.74, 6) is 0. The minimum Gasteiger partial charge on any atom is -0.244 e. The first-order valence-corrected chi connectivity index (χ1v) is 7.04. The predicted octanol–water partition coefficient (Wildman–Crippen LogP) is 5.97. The van der Waals surface area contributed by atoms with Crippen LogP contribution in [-0.2, 0) is 0 Å². The molecule has 0 N–H and O–H groups in total. The lowest BCUT2D eigenvalue weighted by atomic mass is 10.1. The molecule has 17 heavy (non-hydrogen) atoms. The Balaban J connectivity index is 2.65. The lowest BCUT2D eigenvalue weighted by Crippen LogP contribution is -1.88. The molecule has 1 nitrogen and oxygen atoms in total. The number of rotatable bonds is 1. The van der Waals surface area contributed by atoms with E-state index in [-0.39, 0.29) is 0 Å². The van der Waals surface area contributed by atoms with Gasteiger partial charge >= 0.3 is 0 Å². The molecule has 1 aromatic carbocycles. The summed E-state index contributed by atoms with van der Waals surface area (Å²) in [6.07, 6.45) is 1.66. The van der Waals surface area contributed by atoms with Gasteiger partial charge in [0, 0.05) is 20.9 Å². The third-order valence-electron chi connectivity index (χ3n) is 2.15. The van der Waals surface area contributed by atoms with Crippen molar-refractivity contribution in [2.24, 2.45) is 0 Å². The standard InChI is InChI=1S/C11H4Cl4IN/c12-7-2-1-5(10(14)11(7)15)6-4-17-9(13)3-8(6)16/h1-4H. The highest BCUT2D eigenvalue weighted by Crippen LogP contribution is 2.39. The molecule has 1 heterocycles. The van der Waals surface area contributed by atoms with Crippen molar-refractivity contribution in [3.8, 4) is 11.1 Å². The molecule has 1 aromatic heterocycles. The monoisotopic (exact) mass is 417 g/mol. The minimum absolute atomic E-state index is 0.344. The number of hydrogen-bond donors (Lipinski definition) is 0. The van der Waals surface area contributed by atoms with Gasteiger partial charge in [0.15, 0.2) is 0 Å². The second-order valence-electron chi connectivity index (χ2n) is 3.21. The van der Waals surface area contributed by atoms with Crippen molar-refractivity contribution in [3.05, 3.63) is 48.2 Å². The van der Waals surface area contributed by atoms with Gasteiger partial charge in [0.2, 0.25) is 0 Å². The Morgan fingerprint density at radius 3 is 2.29 bits per heavy atom. The molecule has 0 bridgehead atoms. The molecule has 0 unspecified atom stereocenters. The maximum atomic E-state index is 6.16. The van der Waals surface area contributed by atoms with Gasteiger partial charge in [0.25, 0.3) is 0 Å². The summed E-state index contributed by atoms with van der Waals surface area (Å²) in [6.45, 7) is 0. The van der Waals surface area contributed by atoms with Crippen molar-refractivity contribution >= 4 is 69.0 Å². The zero-order chi connectivity index (χ0) is 12.6. The summed E-state index contributed by atoms with van der Waals surface area (Å²) >= 11 is 26.0. The molecule has 0 fully saturated rings. The van der Waals surface area contributed by atoms with Gasteiger partial charge in [0.05, 0.1) is 15.1 Å². The van der Waals surface area contributed by atoms with E-state index in [1.807, 2.05) is 6.07 Å². The van der Waals surface area contributed by atoms with Crippen molar-refractivity contribution in [3.63, 3.8) is 0 Å². The molecule has 0 saturated heterocycles. The summed E-state index contributed by atoms with van der Waals surface area (Å²) < 4.78 is 0.947. The van der Waals surface area contributed by atoms with Gasteiger partial charge in [0.1, 0.15) is 5.15 Å². The summed E-state index contributed by atoms with van der Waals surface area (Å²) in [5.41, 5.74) is 1.66. The highest BCUT2D eigenvalue weighted by atomic mass is 127. The van der Waals surface area contributed by atoms with Gasteiger partial charge in [-0.15, -0.1) is 0 Å². The number of halogens is 5. The van der Waals surface area contributed by atoms with Crippen LogP contribution in [0.1, 0.15) is 0 Å². The van der Waals surface area contributed by atoms with Crippen LogP contribution in [0.2, 0.25) is 20.2 Å². The summed E-state index contributed by atoms with van der Waals surface area (Å²) in [4.78, 5) is 4.04. The zero-order valence-electron chi connectivity index (χ0n) is 8.15. The Bertz CT molecular complexity index is 586. The quantitative estimate of drug-likeness (QED) is 0.316. The summed E-state index contributed by atoms with van der Waals surface area (Å²) in [5, 5.41) is 1.63. The fourth-order valence-corrected chi connectivity index (χ4v) is 3.04. The van der Waals surface area contributed by atoms with E-state index >= 15 is 0 Å². The molecule has 0 atom stereocenters. The molecule has 0 amide bonds. The zero-order valence-corrected chi connectivity index (χ0v) is 13.3. The second-order valence-corrected chi connectivity index (χ2v) is 5.92. The first kappa shape index (κ1) is 13.7. The fraction of sp³-hybridized carbons (Fsp3) is 0. The first-order valence-electron chi connectivity index (χ1n) is 4.45. The molecule has 0 aliphatic heterocycles.